The van der Waals surface area contributed by atoms with Gasteiger partial charge in [-0.1, -0.05) is 26.7 Å². The van der Waals surface area contributed by atoms with Crippen molar-refractivity contribution in [3.8, 4) is 0 Å². The molecule has 2 N–H and O–H groups in total. The van der Waals surface area contributed by atoms with Crippen molar-refractivity contribution in [3.05, 3.63) is 0 Å². The van der Waals surface area contributed by atoms with Gasteiger partial charge in [0.25, 0.3) is 5.91 Å². The summed E-state index contributed by atoms with van der Waals surface area (Å²) in [6.07, 6.45) is 5.16. The third kappa shape index (κ3) is 3.48. The largest absolute Gasteiger partial charge is 0.381 e. The minimum Gasteiger partial charge on any atom is -0.381 e. The van der Waals surface area contributed by atoms with Crippen LogP contribution in [0.4, 0.5) is 0 Å². The van der Waals surface area contributed by atoms with E-state index in [0.29, 0.717) is 12.5 Å². The minimum atomic E-state index is -1.27. The van der Waals surface area contributed by atoms with Crippen LogP contribution in [0, 0.1) is 11.3 Å². The Morgan fingerprint density at radius 1 is 1.25 bits per heavy atom. The average molecular weight is 227 g/mol. The molecule has 0 saturated heterocycles. The lowest BCUT2D eigenvalue weighted by Crippen LogP contribution is -2.46. The molecule has 0 bridgehead atoms. The maximum atomic E-state index is 11.6. The number of amides is 1. The van der Waals surface area contributed by atoms with Crippen LogP contribution in [0.1, 0.15) is 53.4 Å². The van der Waals surface area contributed by atoms with E-state index in [2.05, 4.69) is 19.2 Å². The molecule has 3 nitrogen and oxygen atoms in total. The molecule has 1 aliphatic rings. The Morgan fingerprint density at radius 2 is 1.75 bits per heavy atom. The zero-order valence-electron chi connectivity index (χ0n) is 11.0. The predicted molar refractivity (Wildman–Crippen MR) is 65.0 cm³/mol. The van der Waals surface area contributed by atoms with E-state index in [1.807, 2.05) is 0 Å². The van der Waals surface area contributed by atoms with Crippen LogP contribution in [0.15, 0.2) is 0 Å². The van der Waals surface area contributed by atoms with Crippen LogP contribution >= 0.6 is 0 Å². The summed E-state index contributed by atoms with van der Waals surface area (Å²) < 4.78 is 0. The van der Waals surface area contributed by atoms with E-state index >= 15 is 0 Å². The van der Waals surface area contributed by atoms with Crippen LogP contribution in [0.2, 0.25) is 0 Å². The molecule has 1 amide bonds. The average Bonchev–Trinajstić information content (AvgIpc) is 2.65. The molecular weight excluding hydrogens is 202 g/mol. The number of hydrogen-bond donors (Lipinski definition) is 2. The first kappa shape index (κ1) is 13.5. The van der Waals surface area contributed by atoms with Crippen molar-refractivity contribution >= 4 is 5.91 Å². The number of aliphatic hydroxyl groups is 1. The van der Waals surface area contributed by atoms with Crippen molar-refractivity contribution in [1.82, 2.24) is 5.32 Å². The summed E-state index contributed by atoms with van der Waals surface area (Å²) >= 11 is 0. The lowest BCUT2D eigenvalue weighted by molar-refractivity contribution is -0.137. The van der Waals surface area contributed by atoms with Gasteiger partial charge in [0.05, 0.1) is 0 Å². The van der Waals surface area contributed by atoms with Gasteiger partial charge < -0.3 is 10.4 Å². The highest BCUT2D eigenvalue weighted by Crippen LogP contribution is 2.39. The van der Waals surface area contributed by atoms with Gasteiger partial charge in [-0.3, -0.25) is 4.79 Å². The molecule has 0 atom stereocenters. The van der Waals surface area contributed by atoms with Gasteiger partial charge in [-0.15, -0.1) is 0 Å². The van der Waals surface area contributed by atoms with E-state index in [9.17, 15) is 9.90 Å². The molecule has 0 aromatic rings. The Balaban J connectivity index is 2.44. The van der Waals surface area contributed by atoms with Crippen LogP contribution in [0.3, 0.4) is 0 Å². The summed E-state index contributed by atoms with van der Waals surface area (Å²) in [6, 6.07) is 0. The normalized spacial score (nSPS) is 18.8. The van der Waals surface area contributed by atoms with Gasteiger partial charge in [0.15, 0.2) is 0 Å². The molecule has 16 heavy (non-hydrogen) atoms. The fraction of sp³-hybridized carbons (Fsp3) is 0.923. The smallest absolute Gasteiger partial charge is 0.251 e. The summed E-state index contributed by atoms with van der Waals surface area (Å²) in [7, 11) is 0. The SMILES string of the molecule is CC(C)(O)C(=O)NCC(C)(C)C1CCCC1. The van der Waals surface area contributed by atoms with Crippen molar-refractivity contribution < 1.29 is 9.90 Å². The molecular formula is C13H25NO2. The Bertz CT molecular complexity index is 247. The van der Waals surface area contributed by atoms with Crippen molar-refractivity contribution in [2.75, 3.05) is 6.54 Å². The zero-order valence-corrected chi connectivity index (χ0v) is 11.0. The molecule has 1 aliphatic carbocycles. The van der Waals surface area contributed by atoms with Crippen LogP contribution in [-0.4, -0.2) is 23.2 Å². The number of rotatable bonds is 4. The highest BCUT2D eigenvalue weighted by atomic mass is 16.3. The number of nitrogens with one attached hydrogen (secondary N) is 1. The Labute approximate surface area is 98.6 Å². The minimum absolute atomic E-state index is 0.136. The van der Waals surface area contributed by atoms with E-state index in [1.165, 1.54) is 39.5 Å². The summed E-state index contributed by atoms with van der Waals surface area (Å²) in [5.41, 5.74) is -1.14. The van der Waals surface area contributed by atoms with Crippen molar-refractivity contribution in [3.63, 3.8) is 0 Å². The second kappa shape index (κ2) is 4.74. The highest BCUT2D eigenvalue weighted by Gasteiger charge is 2.33. The van der Waals surface area contributed by atoms with Gasteiger partial charge in [0, 0.05) is 6.54 Å². The van der Waals surface area contributed by atoms with Crippen LogP contribution in [0.5, 0.6) is 0 Å². The summed E-state index contributed by atoms with van der Waals surface area (Å²) in [5.74, 6) is 0.424. The third-order valence-electron chi connectivity index (χ3n) is 3.72. The summed E-state index contributed by atoms with van der Waals surface area (Å²) in [5, 5.41) is 12.4. The molecule has 0 spiro atoms. The van der Waals surface area contributed by atoms with Crippen LogP contribution < -0.4 is 5.32 Å². The van der Waals surface area contributed by atoms with Gasteiger partial charge in [0.1, 0.15) is 5.60 Å². The van der Waals surface area contributed by atoms with E-state index in [4.69, 9.17) is 0 Å². The number of carbonyl (C=O) groups excluding carboxylic acids is 1. The first-order chi connectivity index (χ1) is 7.23. The molecule has 0 radical (unpaired) electrons. The van der Waals surface area contributed by atoms with Gasteiger partial charge in [0.2, 0.25) is 0 Å². The van der Waals surface area contributed by atoms with Crippen LogP contribution in [0.25, 0.3) is 0 Å². The molecule has 0 unspecified atom stereocenters. The van der Waals surface area contributed by atoms with Gasteiger partial charge in [-0.2, -0.15) is 0 Å². The molecule has 94 valence electrons. The summed E-state index contributed by atoms with van der Waals surface area (Å²) in [6.45, 7) is 8.09. The fourth-order valence-corrected chi connectivity index (χ4v) is 2.38. The zero-order chi connectivity index (χ0) is 12.4. The second-order valence-electron chi connectivity index (χ2n) is 6.21. The number of hydrogen-bond acceptors (Lipinski definition) is 2. The first-order valence-corrected chi connectivity index (χ1v) is 6.24. The molecule has 0 aliphatic heterocycles. The van der Waals surface area contributed by atoms with Crippen molar-refractivity contribution in [2.45, 2.75) is 59.0 Å². The van der Waals surface area contributed by atoms with Crippen molar-refractivity contribution in [1.29, 1.82) is 0 Å². The lowest BCUT2D eigenvalue weighted by Gasteiger charge is -2.32. The first-order valence-electron chi connectivity index (χ1n) is 6.24. The van der Waals surface area contributed by atoms with Crippen LogP contribution in [-0.2, 0) is 4.79 Å². The highest BCUT2D eigenvalue weighted by molar-refractivity contribution is 5.83. The number of carbonyl (C=O) groups is 1. The standard InChI is InChI=1S/C13H25NO2/c1-12(2,10-7-5-6-8-10)9-14-11(15)13(3,4)16/h10,16H,5-9H2,1-4H3,(H,14,15). The molecule has 3 heteroatoms. The van der Waals surface area contributed by atoms with Gasteiger partial charge in [-0.25, -0.2) is 0 Å². The van der Waals surface area contributed by atoms with Crippen molar-refractivity contribution in [2.24, 2.45) is 11.3 Å². The Morgan fingerprint density at radius 3 is 2.19 bits per heavy atom. The predicted octanol–water partition coefficient (Wildman–Crippen LogP) is 2.09. The maximum absolute atomic E-state index is 11.6. The second-order valence-corrected chi connectivity index (χ2v) is 6.21. The monoisotopic (exact) mass is 227 g/mol. The van der Waals surface area contributed by atoms with E-state index in [0.717, 1.165) is 0 Å². The molecule has 1 saturated carbocycles. The quantitative estimate of drug-likeness (QED) is 0.772. The Hall–Kier alpha value is -0.570. The third-order valence-corrected chi connectivity index (χ3v) is 3.72. The topological polar surface area (TPSA) is 49.3 Å². The maximum Gasteiger partial charge on any atom is 0.251 e. The molecule has 0 heterocycles. The molecule has 0 aromatic heterocycles. The van der Waals surface area contributed by atoms with E-state index < -0.39 is 5.60 Å². The molecule has 0 aromatic carbocycles. The summed E-state index contributed by atoms with van der Waals surface area (Å²) in [4.78, 5) is 11.6. The van der Waals surface area contributed by atoms with E-state index in [1.54, 1.807) is 0 Å². The van der Waals surface area contributed by atoms with E-state index in [-0.39, 0.29) is 11.3 Å². The lowest BCUT2D eigenvalue weighted by atomic mass is 9.77. The molecule has 1 fully saturated rings. The van der Waals surface area contributed by atoms with Gasteiger partial charge >= 0.3 is 0 Å². The fourth-order valence-electron chi connectivity index (χ4n) is 2.38. The Kier molecular flexibility index (Phi) is 4.00. The molecule has 1 rings (SSSR count). The van der Waals surface area contributed by atoms with Gasteiger partial charge in [-0.05, 0) is 38.0 Å².